The summed E-state index contributed by atoms with van der Waals surface area (Å²) in [5.74, 6) is -1.77. The zero-order valence-electron chi connectivity index (χ0n) is 11.4. The molecule has 5 nitrogen and oxygen atoms in total. The average molecular weight is 328 g/mol. The van der Waals surface area contributed by atoms with E-state index in [4.69, 9.17) is 5.73 Å². The summed E-state index contributed by atoms with van der Waals surface area (Å²) in [7, 11) is 0. The molecule has 10 heteroatoms. The number of esters is 1. The molecular weight excluding hydrogens is 315 g/mol. The van der Waals surface area contributed by atoms with Gasteiger partial charge in [0.15, 0.2) is 5.75 Å². The van der Waals surface area contributed by atoms with Crippen molar-refractivity contribution >= 4 is 5.97 Å². The second-order valence-electron chi connectivity index (χ2n) is 4.01. The number of ether oxygens (including phenoxy) is 2. The third-order valence-electron chi connectivity index (χ3n) is 2.44. The molecule has 1 aromatic rings. The fraction of sp³-hybridized carbons (Fsp3) is 0.500. The summed E-state index contributed by atoms with van der Waals surface area (Å²) in [6.07, 6.45) is -8.85. The Morgan fingerprint density at radius 3 is 2.50 bits per heavy atom. The van der Waals surface area contributed by atoms with Gasteiger partial charge in [-0.15, -0.1) is 13.2 Å². The first-order valence-corrected chi connectivity index (χ1v) is 6.10. The van der Waals surface area contributed by atoms with Crippen LogP contribution in [0.25, 0.3) is 0 Å². The minimum Gasteiger partial charge on any atom is -0.466 e. The van der Waals surface area contributed by atoms with Crippen molar-refractivity contribution in [1.82, 2.24) is 4.98 Å². The van der Waals surface area contributed by atoms with E-state index < -0.39 is 48.9 Å². The fourth-order valence-corrected chi connectivity index (χ4v) is 1.63. The van der Waals surface area contributed by atoms with Crippen molar-refractivity contribution in [2.24, 2.45) is 5.73 Å². The van der Waals surface area contributed by atoms with Gasteiger partial charge in [-0.1, -0.05) is 0 Å². The second-order valence-corrected chi connectivity index (χ2v) is 4.01. The van der Waals surface area contributed by atoms with Crippen LogP contribution in [-0.2, 0) is 22.5 Å². The Morgan fingerprint density at radius 2 is 2.05 bits per heavy atom. The van der Waals surface area contributed by atoms with Crippen LogP contribution in [0, 0.1) is 0 Å². The van der Waals surface area contributed by atoms with E-state index in [9.17, 15) is 26.7 Å². The van der Waals surface area contributed by atoms with Crippen LogP contribution in [0.4, 0.5) is 22.0 Å². The lowest BCUT2D eigenvalue weighted by Gasteiger charge is -2.16. The van der Waals surface area contributed by atoms with Gasteiger partial charge in [0.25, 0.3) is 6.43 Å². The minimum atomic E-state index is -5.07. The summed E-state index contributed by atoms with van der Waals surface area (Å²) >= 11 is 0. The Bertz CT molecular complexity index is 534. The maximum absolute atomic E-state index is 12.9. The predicted molar refractivity (Wildman–Crippen MR) is 64.1 cm³/mol. The molecule has 0 radical (unpaired) electrons. The molecule has 2 N–H and O–H groups in total. The number of carbonyl (C=O) groups is 1. The maximum Gasteiger partial charge on any atom is 0.573 e. The van der Waals surface area contributed by atoms with Gasteiger partial charge in [-0.05, 0) is 18.6 Å². The molecule has 0 bridgehead atoms. The molecule has 0 aliphatic carbocycles. The first-order valence-electron chi connectivity index (χ1n) is 6.10. The second kappa shape index (κ2) is 7.34. The van der Waals surface area contributed by atoms with Crippen molar-refractivity contribution in [3.63, 3.8) is 0 Å². The van der Waals surface area contributed by atoms with Crippen LogP contribution in [0.1, 0.15) is 30.3 Å². The molecule has 1 rings (SSSR count). The molecule has 124 valence electrons. The number of hydrogen-bond donors (Lipinski definition) is 1. The third-order valence-corrected chi connectivity index (χ3v) is 2.44. The Balaban J connectivity index is 3.28. The Hall–Kier alpha value is -1.97. The van der Waals surface area contributed by atoms with E-state index in [1.807, 2.05) is 0 Å². The monoisotopic (exact) mass is 328 g/mol. The highest BCUT2D eigenvalue weighted by Gasteiger charge is 2.33. The predicted octanol–water partition coefficient (Wildman–Crippen LogP) is 2.48. The molecule has 0 aliphatic rings. The molecule has 0 fully saturated rings. The minimum absolute atomic E-state index is 0.0170. The number of nitrogens with two attached hydrogens (primary N) is 1. The van der Waals surface area contributed by atoms with Gasteiger partial charge in [0.2, 0.25) is 0 Å². The van der Waals surface area contributed by atoms with Crippen LogP contribution in [0.2, 0.25) is 0 Å². The number of carbonyl (C=O) groups excluding carboxylic acids is 1. The molecule has 0 atom stereocenters. The van der Waals surface area contributed by atoms with Crippen LogP contribution in [-0.4, -0.2) is 23.9 Å². The van der Waals surface area contributed by atoms with Crippen LogP contribution in [0.5, 0.6) is 5.75 Å². The standard InChI is InChI=1S/C12H13F5N2O3/c1-2-21-9(20)4-7-8(22-12(15,16)17)3-6(5-18)10(19-7)11(13)14/h3,11H,2,4-5,18H2,1H3. The molecule has 0 aliphatic heterocycles. The highest BCUT2D eigenvalue weighted by atomic mass is 19.4. The molecule has 1 aromatic heterocycles. The molecule has 22 heavy (non-hydrogen) atoms. The summed E-state index contributed by atoms with van der Waals surface area (Å²) in [5, 5.41) is 0. The summed E-state index contributed by atoms with van der Waals surface area (Å²) < 4.78 is 71.1. The number of halogens is 5. The summed E-state index contributed by atoms with van der Waals surface area (Å²) in [5.41, 5.74) is 3.53. The van der Waals surface area contributed by atoms with Gasteiger partial charge in [0.1, 0.15) is 5.69 Å². The molecule has 0 saturated carbocycles. The first kappa shape index (κ1) is 18.1. The van der Waals surface area contributed by atoms with Gasteiger partial charge in [-0.25, -0.2) is 13.8 Å². The van der Waals surface area contributed by atoms with Crippen molar-refractivity contribution in [2.75, 3.05) is 6.61 Å². The van der Waals surface area contributed by atoms with Gasteiger partial charge >= 0.3 is 12.3 Å². The topological polar surface area (TPSA) is 74.4 Å². The Kier molecular flexibility index (Phi) is 6.03. The summed E-state index contributed by atoms with van der Waals surface area (Å²) in [4.78, 5) is 14.7. The van der Waals surface area contributed by atoms with Gasteiger partial charge in [-0.2, -0.15) is 0 Å². The van der Waals surface area contributed by atoms with Gasteiger partial charge in [0, 0.05) is 6.54 Å². The highest BCUT2D eigenvalue weighted by Crippen LogP contribution is 2.31. The molecular formula is C12H13F5N2O3. The first-order chi connectivity index (χ1) is 10.2. The molecule has 0 saturated heterocycles. The third kappa shape index (κ3) is 5.10. The smallest absolute Gasteiger partial charge is 0.466 e. The number of nitrogens with zero attached hydrogens (tertiary/aromatic N) is 1. The number of pyridine rings is 1. The summed E-state index contributed by atoms with van der Waals surface area (Å²) in [6, 6.07) is 0.705. The normalized spacial score (nSPS) is 11.6. The van der Waals surface area contributed by atoms with Crippen molar-refractivity contribution in [2.45, 2.75) is 32.7 Å². The zero-order chi connectivity index (χ0) is 16.9. The number of aromatic nitrogens is 1. The van der Waals surface area contributed by atoms with E-state index in [2.05, 4.69) is 14.5 Å². The van der Waals surface area contributed by atoms with Crippen LogP contribution in [0.15, 0.2) is 6.07 Å². The van der Waals surface area contributed by atoms with E-state index in [1.165, 1.54) is 6.92 Å². The van der Waals surface area contributed by atoms with E-state index in [1.54, 1.807) is 0 Å². The van der Waals surface area contributed by atoms with E-state index in [0.29, 0.717) is 6.07 Å². The SMILES string of the molecule is CCOC(=O)Cc1nc(C(F)F)c(CN)cc1OC(F)(F)F. The molecule has 0 amide bonds. The molecule has 0 spiro atoms. The lowest BCUT2D eigenvalue weighted by Crippen LogP contribution is -2.21. The quantitative estimate of drug-likeness (QED) is 0.641. The van der Waals surface area contributed by atoms with Crippen molar-refractivity contribution in [1.29, 1.82) is 0 Å². The Morgan fingerprint density at radius 1 is 1.41 bits per heavy atom. The zero-order valence-corrected chi connectivity index (χ0v) is 11.4. The van der Waals surface area contributed by atoms with Crippen molar-refractivity contribution < 1.29 is 36.2 Å². The molecule has 1 heterocycles. The number of rotatable bonds is 6. The summed E-state index contributed by atoms with van der Waals surface area (Å²) in [6.45, 7) is 1.01. The largest absolute Gasteiger partial charge is 0.573 e. The van der Waals surface area contributed by atoms with Crippen LogP contribution >= 0.6 is 0 Å². The van der Waals surface area contributed by atoms with Crippen molar-refractivity contribution in [3.8, 4) is 5.75 Å². The van der Waals surface area contributed by atoms with E-state index >= 15 is 0 Å². The molecule has 0 unspecified atom stereocenters. The molecule has 0 aromatic carbocycles. The fourth-order valence-electron chi connectivity index (χ4n) is 1.63. The van der Waals surface area contributed by atoms with Gasteiger partial charge < -0.3 is 15.2 Å². The highest BCUT2D eigenvalue weighted by molar-refractivity contribution is 5.73. The van der Waals surface area contributed by atoms with Crippen LogP contribution < -0.4 is 10.5 Å². The van der Waals surface area contributed by atoms with E-state index in [0.717, 1.165) is 0 Å². The maximum atomic E-state index is 12.9. The van der Waals surface area contributed by atoms with Gasteiger partial charge in [0.05, 0.1) is 18.7 Å². The lowest BCUT2D eigenvalue weighted by molar-refractivity contribution is -0.275. The number of hydrogen-bond acceptors (Lipinski definition) is 5. The average Bonchev–Trinajstić information content (AvgIpc) is 2.38. The van der Waals surface area contributed by atoms with Crippen molar-refractivity contribution in [3.05, 3.63) is 23.0 Å². The van der Waals surface area contributed by atoms with Gasteiger partial charge in [-0.3, -0.25) is 4.79 Å². The van der Waals surface area contributed by atoms with E-state index in [-0.39, 0.29) is 12.2 Å². The Labute approximate surface area is 122 Å². The lowest BCUT2D eigenvalue weighted by atomic mass is 10.1. The number of alkyl halides is 5. The van der Waals surface area contributed by atoms with Crippen LogP contribution in [0.3, 0.4) is 0 Å².